The summed E-state index contributed by atoms with van der Waals surface area (Å²) in [6.07, 6.45) is 9.99. The zero-order chi connectivity index (χ0) is 20.2. The molecule has 5 nitrogen and oxygen atoms in total. The van der Waals surface area contributed by atoms with E-state index < -0.39 is 6.09 Å². The third-order valence-electron chi connectivity index (χ3n) is 4.83. The van der Waals surface area contributed by atoms with E-state index in [4.69, 9.17) is 9.57 Å². The van der Waals surface area contributed by atoms with Crippen molar-refractivity contribution in [3.63, 3.8) is 0 Å². The average Bonchev–Trinajstić information content (AvgIpc) is 2.75. The summed E-state index contributed by atoms with van der Waals surface area (Å²) in [6.45, 7) is 1.96. The Morgan fingerprint density at radius 2 is 1.83 bits per heavy atom. The molecule has 5 heteroatoms. The molecule has 29 heavy (non-hydrogen) atoms. The Balaban J connectivity index is 1.71. The van der Waals surface area contributed by atoms with Gasteiger partial charge < -0.3 is 14.9 Å². The molecule has 1 aliphatic rings. The zero-order valence-electron chi connectivity index (χ0n) is 16.9. The lowest BCUT2D eigenvalue weighted by Gasteiger charge is -2.21. The van der Waals surface area contributed by atoms with E-state index in [1.807, 2.05) is 60.7 Å². The molecule has 1 aliphatic heterocycles. The van der Waals surface area contributed by atoms with Gasteiger partial charge in [-0.3, -0.25) is 0 Å². The SMILES string of the molecule is O=C(OCc1ccccc1)N1O/C=C\CCCCCCCNCc2cccc1c2. The quantitative estimate of drug-likeness (QED) is 0.708. The van der Waals surface area contributed by atoms with Crippen LogP contribution in [0.2, 0.25) is 0 Å². The first-order valence-corrected chi connectivity index (χ1v) is 10.5. The van der Waals surface area contributed by atoms with E-state index in [-0.39, 0.29) is 6.61 Å². The number of allylic oxidation sites excluding steroid dienone is 1. The summed E-state index contributed by atoms with van der Waals surface area (Å²) in [5, 5.41) is 4.69. The number of hydroxylamine groups is 1. The number of amides is 1. The molecule has 0 fully saturated rings. The number of hydrogen-bond donors (Lipinski definition) is 1. The summed E-state index contributed by atoms with van der Waals surface area (Å²) in [5.74, 6) is 0. The topological polar surface area (TPSA) is 50.8 Å². The number of ether oxygens (including phenoxy) is 1. The van der Waals surface area contributed by atoms with Gasteiger partial charge in [-0.05, 0) is 55.1 Å². The molecule has 0 saturated carbocycles. The van der Waals surface area contributed by atoms with Crippen LogP contribution >= 0.6 is 0 Å². The molecule has 0 spiro atoms. The van der Waals surface area contributed by atoms with Crippen LogP contribution < -0.4 is 10.4 Å². The van der Waals surface area contributed by atoms with Crippen molar-refractivity contribution in [2.45, 2.75) is 51.7 Å². The number of nitrogens with one attached hydrogen (secondary N) is 1. The Labute approximate surface area is 173 Å². The van der Waals surface area contributed by atoms with Crippen LogP contribution in [0, 0.1) is 0 Å². The maximum Gasteiger partial charge on any atom is 0.448 e. The Kier molecular flexibility index (Phi) is 8.60. The minimum atomic E-state index is -0.537. The minimum absolute atomic E-state index is 0.199. The lowest BCUT2D eigenvalue weighted by atomic mass is 10.1. The second kappa shape index (κ2) is 11.9. The van der Waals surface area contributed by atoms with Gasteiger partial charge in [0.1, 0.15) is 12.9 Å². The maximum absolute atomic E-state index is 12.7. The van der Waals surface area contributed by atoms with Crippen LogP contribution in [0.3, 0.4) is 0 Å². The first kappa shape index (κ1) is 20.9. The van der Waals surface area contributed by atoms with Gasteiger partial charge in [0.25, 0.3) is 0 Å². The lowest BCUT2D eigenvalue weighted by Crippen LogP contribution is -2.30. The fourth-order valence-corrected chi connectivity index (χ4v) is 3.23. The lowest BCUT2D eigenvalue weighted by molar-refractivity contribution is 0.108. The second-order valence-electron chi connectivity index (χ2n) is 7.21. The van der Waals surface area contributed by atoms with E-state index in [2.05, 4.69) is 5.32 Å². The molecule has 0 unspecified atom stereocenters. The Morgan fingerprint density at radius 3 is 2.72 bits per heavy atom. The van der Waals surface area contributed by atoms with E-state index >= 15 is 0 Å². The molecule has 2 bridgehead atoms. The fraction of sp³-hybridized carbons (Fsp3) is 0.375. The van der Waals surface area contributed by atoms with Crippen molar-refractivity contribution in [3.8, 4) is 0 Å². The van der Waals surface area contributed by atoms with Crippen molar-refractivity contribution in [1.82, 2.24) is 5.32 Å². The molecule has 0 saturated heterocycles. The van der Waals surface area contributed by atoms with Crippen molar-refractivity contribution < 1.29 is 14.4 Å². The molecule has 154 valence electrons. The first-order chi connectivity index (χ1) is 14.3. The highest BCUT2D eigenvalue weighted by Gasteiger charge is 2.19. The van der Waals surface area contributed by atoms with Gasteiger partial charge in [-0.2, -0.15) is 0 Å². The van der Waals surface area contributed by atoms with Crippen LogP contribution in [-0.2, 0) is 22.7 Å². The summed E-state index contributed by atoms with van der Waals surface area (Å²) in [5.41, 5.74) is 2.69. The Morgan fingerprint density at radius 1 is 1.00 bits per heavy atom. The van der Waals surface area contributed by atoms with Crippen LogP contribution in [0.25, 0.3) is 0 Å². The van der Waals surface area contributed by atoms with Gasteiger partial charge in [-0.1, -0.05) is 61.7 Å². The predicted molar refractivity (Wildman–Crippen MR) is 115 cm³/mol. The largest absolute Gasteiger partial charge is 0.448 e. The molecular weight excluding hydrogens is 364 g/mol. The highest BCUT2D eigenvalue weighted by molar-refractivity contribution is 5.85. The molecule has 0 atom stereocenters. The molecule has 0 aromatic heterocycles. The van der Waals surface area contributed by atoms with Crippen LogP contribution in [0.15, 0.2) is 66.9 Å². The molecule has 3 rings (SSSR count). The van der Waals surface area contributed by atoms with Crippen molar-refractivity contribution in [1.29, 1.82) is 0 Å². The first-order valence-electron chi connectivity index (χ1n) is 10.5. The molecule has 0 radical (unpaired) electrons. The molecule has 2 aromatic rings. The van der Waals surface area contributed by atoms with Gasteiger partial charge in [-0.15, -0.1) is 5.06 Å². The summed E-state index contributed by atoms with van der Waals surface area (Å²) in [4.78, 5) is 18.4. The standard InChI is InChI=1S/C24H30N2O3/c27-24(28-20-21-12-7-6-8-13-21)26-23-15-11-14-22(18-23)19-25-16-9-4-2-1-3-5-10-17-29-26/h6-8,10-15,17-18,25H,1-5,9,16,19-20H2/b17-10-. The molecule has 2 aromatic carbocycles. The van der Waals surface area contributed by atoms with Gasteiger partial charge in [0, 0.05) is 6.54 Å². The van der Waals surface area contributed by atoms with E-state index in [0.717, 1.165) is 37.1 Å². The normalized spacial score (nSPS) is 17.2. The molecule has 1 N–H and O–H groups in total. The number of benzene rings is 2. The molecule has 1 amide bonds. The highest BCUT2D eigenvalue weighted by atomic mass is 16.7. The van der Waals surface area contributed by atoms with E-state index in [1.165, 1.54) is 30.7 Å². The minimum Gasteiger partial charge on any atom is -0.442 e. The van der Waals surface area contributed by atoms with Gasteiger partial charge in [0.05, 0.1) is 5.69 Å². The summed E-state index contributed by atoms with van der Waals surface area (Å²) in [6, 6.07) is 17.4. The van der Waals surface area contributed by atoms with Crippen molar-refractivity contribution in [3.05, 3.63) is 78.1 Å². The van der Waals surface area contributed by atoms with Crippen molar-refractivity contribution in [2.24, 2.45) is 0 Å². The highest BCUT2D eigenvalue weighted by Crippen LogP contribution is 2.19. The summed E-state index contributed by atoms with van der Waals surface area (Å²) in [7, 11) is 0. The van der Waals surface area contributed by atoms with E-state index in [0.29, 0.717) is 5.69 Å². The Bertz CT molecular complexity index is 777. The van der Waals surface area contributed by atoms with Crippen LogP contribution in [0.5, 0.6) is 0 Å². The number of fused-ring (bicyclic) bond motifs is 2. The predicted octanol–water partition coefficient (Wildman–Crippen LogP) is 5.72. The summed E-state index contributed by atoms with van der Waals surface area (Å²) >= 11 is 0. The van der Waals surface area contributed by atoms with Gasteiger partial charge in [0.2, 0.25) is 0 Å². The third kappa shape index (κ3) is 7.27. The number of hydrogen-bond acceptors (Lipinski definition) is 4. The summed E-state index contributed by atoms with van der Waals surface area (Å²) < 4.78 is 5.48. The molecule has 1 heterocycles. The smallest absolute Gasteiger partial charge is 0.442 e. The number of carbonyl (C=O) groups excluding carboxylic acids is 1. The van der Waals surface area contributed by atoms with Gasteiger partial charge >= 0.3 is 6.09 Å². The molecular formula is C24H30N2O3. The number of rotatable bonds is 2. The second-order valence-corrected chi connectivity index (χ2v) is 7.21. The Hall–Kier alpha value is -2.79. The van der Waals surface area contributed by atoms with Crippen molar-refractivity contribution in [2.75, 3.05) is 11.6 Å². The van der Waals surface area contributed by atoms with Crippen LogP contribution in [-0.4, -0.2) is 12.6 Å². The number of nitrogens with zero attached hydrogens (tertiary/aromatic N) is 1. The van der Waals surface area contributed by atoms with Crippen LogP contribution in [0.4, 0.5) is 10.5 Å². The van der Waals surface area contributed by atoms with E-state index in [1.54, 1.807) is 6.26 Å². The number of carbonyl (C=O) groups is 1. The average molecular weight is 395 g/mol. The molecule has 0 aliphatic carbocycles. The van der Waals surface area contributed by atoms with E-state index in [9.17, 15) is 4.79 Å². The third-order valence-corrected chi connectivity index (χ3v) is 4.83. The zero-order valence-corrected chi connectivity index (χ0v) is 16.9. The monoisotopic (exact) mass is 394 g/mol. The fourth-order valence-electron chi connectivity index (χ4n) is 3.23. The maximum atomic E-state index is 12.7. The van der Waals surface area contributed by atoms with Crippen molar-refractivity contribution >= 4 is 11.8 Å². The number of anilines is 1. The van der Waals surface area contributed by atoms with Gasteiger partial charge in [-0.25, -0.2) is 4.79 Å². The van der Waals surface area contributed by atoms with Gasteiger partial charge in [0.15, 0.2) is 0 Å². The van der Waals surface area contributed by atoms with Crippen LogP contribution in [0.1, 0.15) is 49.7 Å².